The van der Waals surface area contributed by atoms with Crippen LogP contribution in [0.2, 0.25) is 0 Å². The van der Waals surface area contributed by atoms with E-state index in [0.29, 0.717) is 17.2 Å². The van der Waals surface area contributed by atoms with E-state index < -0.39 is 44.5 Å². The van der Waals surface area contributed by atoms with Crippen molar-refractivity contribution in [3.8, 4) is 11.5 Å². The fourth-order valence-corrected chi connectivity index (χ4v) is 4.01. The number of carboxylic acids is 2. The van der Waals surface area contributed by atoms with Gasteiger partial charge in [0.05, 0.1) is 32.2 Å². The Hall–Kier alpha value is -6.55. The summed E-state index contributed by atoms with van der Waals surface area (Å²) in [5.74, 6) is -3.01. The Bertz CT molecular complexity index is 1690. The molecule has 45 heavy (non-hydrogen) atoms. The summed E-state index contributed by atoms with van der Waals surface area (Å²) in [6, 6.07) is 19.2. The number of nitrogens with zero attached hydrogens (tertiary/aromatic N) is 2. The number of hydrogen-bond donors (Lipinski definition) is 4. The molecule has 0 aliphatic heterocycles. The minimum Gasteiger partial charge on any atom is -0.478 e. The molecule has 0 radical (unpaired) electrons. The van der Waals surface area contributed by atoms with Crippen molar-refractivity contribution in [1.82, 2.24) is 0 Å². The summed E-state index contributed by atoms with van der Waals surface area (Å²) in [4.78, 5) is 62.0. The average Bonchev–Trinajstić information content (AvgIpc) is 3.02. The van der Waals surface area contributed by atoms with Gasteiger partial charge in [-0.15, -0.1) is 0 Å². The molecule has 0 heterocycles. The molecule has 0 unspecified atom stereocenters. The van der Waals surface area contributed by atoms with Crippen molar-refractivity contribution in [1.29, 1.82) is 0 Å². The fourth-order valence-electron chi connectivity index (χ4n) is 4.01. The maximum Gasteiger partial charge on any atom is 0.336 e. The van der Waals surface area contributed by atoms with Crippen molar-refractivity contribution in [2.45, 2.75) is 6.61 Å². The van der Waals surface area contributed by atoms with Gasteiger partial charge in [-0.3, -0.25) is 35.3 Å². The van der Waals surface area contributed by atoms with Gasteiger partial charge in [-0.05, 0) is 60.7 Å². The number of hydrogen-bond acceptors (Lipinski definition) is 11. The van der Waals surface area contributed by atoms with E-state index in [4.69, 9.17) is 14.3 Å². The first-order valence-electron chi connectivity index (χ1n) is 12.7. The molecular weight excluding hydrogens is 596 g/mol. The van der Waals surface area contributed by atoms with E-state index in [9.17, 15) is 44.8 Å². The van der Waals surface area contributed by atoms with Crippen LogP contribution in [0.15, 0.2) is 84.9 Å². The summed E-state index contributed by atoms with van der Waals surface area (Å²) >= 11 is 0. The van der Waals surface area contributed by atoms with E-state index in [1.165, 1.54) is 48.5 Å². The maximum absolute atomic E-state index is 12.7. The zero-order chi connectivity index (χ0) is 32.5. The number of ether oxygens (including phenoxy) is 2. The van der Waals surface area contributed by atoms with E-state index in [1.54, 1.807) is 24.3 Å². The number of aromatic carboxylic acids is 2. The smallest absolute Gasteiger partial charge is 0.336 e. The summed E-state index contributed by atoms with van der Waals surface area (Å²) in [5, 5.41) is 43.7. The van der Waals surface area contributed by atoms with E-state index in [1.807, 2.05) is 0 Å². The Kier molecular flexibility index (Phi) is 9.82. The van der Waals surface area contributed by atoms with Crippen molar-refractivity contribution >= 4 is 40.6 Å². The highest BCUT2D eigenvalue weighted by atomic mass is 16.7. The Morgan fingerprint density at radius 3 is 1.73 bits per heavy atom. The summed E-state index contributed by atoms with van der Waals surface area (Å²) < 4.78 is 11.0. The first-order valence-corrected chi connectivity index (χ1v) is 12.7. The number of amides is 1. The zero-order valence-electron chi connectivity index (χ0n) is 22.9. The summed E-state index contributed by atoms with van der Waals surface area (Å²) in [7, 11) is 0. The van der Waals surface area contributed by atoms with Crippen LogP contribution in [0.4, 0.5) is 22.7 Å². The van der Waals surface area contributed by atoms with Gasteiger partial charge >= 0.3 is 11.9 Å². The number of nitrogens with one attached hydrogen (secondary N) is 2. The first-order chi connectivity index (χ1) is 21.5. The van der Waals surface area contributed by atoms with Gasteiger partial charge < -0.3 is 25.0 Å². The molecule has 4 aromatic rings. The van der Waals surface area contributed by atoms with Crippen molar-refractivity contribution < 1.29 is 48.8 Å². The monoisotopic (exact) mass is 618 g/mol. The summed E-state index contributed by atoms with van der Waals surface area (Å²) in [6.07, 6.45) is 0. The molecule has 0 aromatic heterocycles. The third-order valence-electron chi connectivity index (χ3n) is 6.10. The topological polar surface area (TPSA) is 230 Å². The minimum absolute atomic E-state index is 0.0949. The highest BCUT2D eigenvalue weighted by Gasteiger charge is 2.27. The molecule has 16 heteroatoms. The van der Waals surface area contributed by atoms with E-state index in [-0.39, 0.29) is 35.9 Å². The van der Waals surface area contributed by atoms with Crippen LogP contribution < -0.4 is 20.3 Å². The molecule has 0 saturated carbocycles. The summed E-state index contributed by atoms with van der Waals surface area (Å²) in [5.41, 5.74) is 0.808. The van der Waals surface area contributed by atoms with Crippen LogP contribution >= 0.6 is 0 Å². The molecule has 230 valence electrons. The largest absolute Gasteiger partial charge is 0.478 e. The predicted molar refractivity (Wildman–Crippen MR) is 155 cm³/mol. The minimum atomic E-state index is -1.49. The lowest BCUT2D eigenvalue weighted by Crippen LogP contribution is -2.18. The lowest BCUT2D eigenvalue weighted by molar-refractivity contribution is -0.386. The number of carboxylic acid groups (broad SMARTS) is 2. The Morgan fingerprint density at radius 2 is 1.20 bits per heavy atom. The molecule has 0 fully saturated rings. The van der Waals surface area contributed by atoms with Crippen LogP contribution in [-0.2, 0) is 11.4 Å². The Balaban J connectivity index is 1.28. The van der Waals surface area contributed by atoms with Crippen LogP contribution in [0.3, 0.4) is 0 Å². The van der Waals surface area contributed by atoms with Gasteiger partial charge in [0.1, 0.15) is 23.7 Å². The van der Waals surface area contributed by atoms with E-state index in [0.717, 1.165) is 12.1 Å². The standard InChI is InChI=1S/C29H22N4O12/c34-27(26-22(29(37)38)4-2-6-25(26)33(41)42)30-17-7-11-19(12-8-17)43-16-44-20-13-9-18(10-14-20)31-45-15-23-21(28(35)36)3-1-5-24(23)32(39)40/h1-14,31H,15-16H2,(H,30,34)(H,35,36)(H,37,38). The molecular formula is C29H22N4O12. The van der Waals surface area contributed by atoms with Gasteiger partial charge in [-0.1, -0.05) is 12.1 Å². The van der Waals surface area contributed by atoms with Gasteiger partial charge in [0.15, 0.2) is 0 Å². The van der Waals surface area contributed by atoms with Gasteiger partial charge in [0.25, 0.3) is 17.3 Å². The molecule has 4 aromatic carbocycles. The Labute approximate surface area is 252 Å². The number of rotatable bonds is 14. The highest BCUT2D eigenvalue weighted by Crippen LogP contribution is 2.26. The average molecular weight is 619 g/mol. The second-order valence-electron chi connectivity index (χ2n) is 8.93. The second-order valence-corrected chi connectivity index (χ2v) is 8.93. The van der Waals surface area contributed by atoms with Gasteiger partial charge in [-0.25, -0.2) is 9.59 Å². The molecule has 4 N–H and O–H groups in total. The number of carbonyl (C=O) groups is 3. The number of nitro groups is 2. The van der Waals surface area contributed by atoms with Crippen LogP contribution in [0.1, 0.15) is 36.6 Å². The third kappa shape index (κ3) is 7.85. The van der Waals surface area contributed by atoms with Crippen LogP contribution in [0.5, 0.6) is 11.5 Å². The highest BCUT2D eigenvalue weighted by molar-refractivity contribution is 6.13. The molecule has 0 spiro atoms. The number of benzene rings is 4. The van der Waals surface area contributed by atoms with Crippen molar-refractivity contribution in [2.24, 2.45) is 0 Å². The number of nitro benzene ring substituents is 2. The van der Waals surface area contributed by atoms with Crippen molar-refractivity contribution in [3.05, 3.63) is 127 Å². The lowest BCUT2D eigenvalue weighted by Gasteiger charge is -2.12. The van der Waals surface area contributed by atoms with Gasteiger partial charge in [0.2, 0.25) is 6.79 Å². The molecule has 0 bridgehead atoms. The van der Waals surface area contributed by atoms with E-state index >= 15 is 0 Å². The molecule has 4 rings (SSSR count). The molecule has 0 aliphatic carbocycles. The quantitative estimate of drug-likeness (QED) is 0.0818. The van der Waals surface area contributed by atoms with Crippen LogP contribution in [-0.4, -0.2) is 44.7 Å². The van der Waals surface area contributed by atoms with Crippen molar-refractivity contribution in [2.75, 3.05) is 17.6 Å². The Morgan fingerprint density at radius 1 is 0.689 bits per heavy atom. The van der Waals surface area contributed by atoms with Gasteiger partial charge in [-0.2, -0.15) is 0 Å². The second kappa shape index (κ2) is 14.1. The van der Waals surface area contributed by atoms with Crippen molar-refractivity contribution in [3.63, 3.8) is 0 Å². The molecule has 1 amide bonds. The van der Waals surface area contributed by atoms with E-state index in [2.05, 4.69) is 10.8 Å². The number of carbonyl (C=O) groups excluding carboxylic acids is 1. The molecule has 0 aliphatic rings. The number of anilines is 2. The fraction of sp³-hybridized carbons (Fsp3) is 0.0690. The normalized spacial score (nSPS) is 10.4. The first kappa shape index (κ1) is 31.4. The van der Waals surface area contributed by atoms with Gasteiger partial charge in [0, 0.05) is 17.8 Å². The van der Waals surface area contributed by atoms with Crippen LogP contribution in [0, 0.1) is 20.2 Å². The summed E-state index contributed by atoms with van der Waals surface area (Å²) in [6.45, 7) is -0.592. The zero-order valence-corrected chi connectivity index (χ0v) is 22.9. The maximum atomic E-state index is 12.7. The SMILES string of the molecule is O=C(O)c1cccc([N+](=O)[O-])c1CONc1ccc(OCOc2ccc(NC(=O)c3c(C(=O)O)cccc3[N+](=O)[O-])cc2)cc1. The molecule has 16 nitrogen and oxygen atoms in total. The third-order valence-corrected chi connectivity index (χ3v) is 6.10. The molecule has 0 atom stereocenters. The lowest BCUT2D eigenvalue weighted by atomic mass is 10.0. The predicted octanol–water partition coefficient (Wildman–Crippen LogP) is 5.11. The van der Waals surface area contributed by atoms with Crippen LogP contribution in [0.25, 0.3) is 0 Å². The molecule has 0 saturated heterocycles.